The van der Waals surface area contributed by atoms with E-state index in [0.29, 0.717) is 12.0 Å². The Morgan fingerprint density at radius 3 is 2.69 bits per heavy atom. The van der Waals surface area contributed by atoms with Gasteiger partial charge in [-0.1, -0.05) is 12.1 Å². The molecule has 2 N–H and O–H groups in total. The highest BCUT2D eigenvalue weighted by Gasteiger charge is 2.34. The first-order valence-corrected chi connectivity index (χ1v) is 4.62. The van der Waals surface area contributed by atoms with E-state index in [1.165, 1.54) is 11.1 Å². The fourth-order valence-electron chi connectivity index (χ4n) is 1.67. The number of rotatable bonds is 2. The van der Waals surface area contributed by atoms with Crippen LogP contribution in [0, 0.1) is 6.92 Å². The van der Waals surface area contributed by atoms with Crippen LogP contribution in [0.2, 0.25) is 0 Å². The minimum atomic E-state index is 0.368. The normalized spacial score (nSPS) is 25.8. The largest absolute Gasteiger partial charge is 0.496 e. The van der Waals surface area contributed by atoms with Crippen molar-refractivity contribution in [2.75, 3.05) is 7.11 Å². The topological polar surface area (TPSA) is 35.2 Å². The Balaban J connectivity index is 2.28. The molecule has 0 bridgehead atoms. The summed E-state index contributed by atoms with van der Waals surface area (Å²) in [6.45, 7) is 2.05. The molecule has 1 saturated carbocycles. The Morgan fingerprint density at radius 1 is 1.46 bits per heavy atom. The second-order valence-electron chi connectivity index (χ2n) is 3.74. The molecule has 2 atom stereocenters. The Hall–Kier alpha value is -1.02. The molecule has 1 fully saturated rings. The Bertz CT molecular complexity index is 322. The molecule has 0 unspecified atom stereocenters. The quantitative estimate of drug-likeness (QED) is 0.747. The fraction of sp³-hybridized carbons (Fsp3) is 0.455. The van der Waals surface area contributed by atoms with Crippen molar-refractivity contribution in [3.63, 3.8) is 0 Å². The molecule has 2 heteroatoms. The predicted molar refractivity (Wildman–Crippen MR) is 53.1 cm³/mol. The van der Waals surface area contributed by atoms with Crippen LogP contribution >= 0.6 is 0 Å². The van der Waals surface area contributed by atoms with Gasteiger partial charge in [0.25, 0.3) is 0 Å². The van der Waals surface area contributed by atoms with Gasteiger partial charge in [-0.2, -0.15) is 0 Å². The van der Waals surface area contributed by atoms with Gasteiger partial charge in [0.1, 0.15) is 5.75 Å². The maximum atomic E-state index is 5.79. The minimum Gasteiger partial charge on any atom is -0.496 e. The van der Waals surface area contributed by atoms with Crippen LogP contribution in [0.4, 0.5) is 0 Å². The summed E-state index contributed by atoms with van der Waals surface area (Å²) in [6, 6.07) is 6.72. The minimum absolute atomic E-state index is 0.368. The summed E-state index contributed by atoms with van der Waals surface area (Å²) >= 11 is 0. The molecule has 1 aromatic rings. The van der Waals surface area contributed by atoms with Crippen molar-refractivity contribution in [3.8, 4) is 5.75 Å². The molecule has 0 radical (unpaired) electrons. The van der Waals surface area contributed by atoms with E-state index in [1.54, 1.807) is 7.11 Å². The third-order valence-corrected chi connectivity index (χ3v) is 2.70. The molecule has 0 amide bonds. The number of hydrogen-bond acceptors (Lipinski definition) is 2. The molecule has 0 aliphatic heterocycles. The van der Waals surface area contributed by atoms with Crippen molar-refractivity contribution >= 4 is 0 Å². The Morgan fingerprint density at radius 2 is 2.15 bits per heavy atom. The molecule has 1 aliphatic rings. The van der Waals surface area contributed by atoms with E-state index in [4.69, 9.17) is 10.5 Å². The summed E-state index contributed by atoms with van der Waals surface area (Å²) in [5, 5.41) is 0. The van der Waals surface area contributed by atoms with E-state index in [0.717, 1.165) is 12.2 Å². The van der Waals surface area contributed by atoms with Gasteiger partial charge in [-0.05, 0) is 30.5 Å². The molecule has 0 saturated heterocycles. The Kier molecular flexibility index (Phi) is 2.00. The monoisotopic (exact) mass is 177 g/mol. The average molecular weight is 177 g/mol. The van der Waals surface area contributed by atoms with Crippen LogP contribution in [0.1, 0.15) is 23.5 Å². The summed E-state index contributed by atoms with van der Waals surface area (Å²) in [7, 11) is 1.71. The summed E-state index contributed by atoms with van der Waals surface area (Å²) in [6.07, 6.45) is 1.12. The van der Waals surface area contributed by atoms with Crippen molar-refractivity contribution < 1.29 is 4.74 Å². The lowest BCUT2D eigenvalue weighted by molar-refractivity contribution is 0.411. The average Bonchev–Trinajstić information content (AvgIpc) is 2.84. The molecule has 13 heavy (non-hydrogen) atoms. The van der Waals surface area contributed by atoms with E-state index in [9.17, 15) is 0 Å². The third-order valence-electron chi connectivity index (χ3n) is 2.70. The lowest BCUT2D eigenvalue weighted by Crippen LogP contribution is -2.01. The van der Waals surface area contributed by atoms with E-state index >= 15 is 0 Å². The van der Waals surface area contributed by atoms with Gasteiger partial charge in [-0.15, -0.1) is 0 Å². The van der Waals surface area contributed by atoms with Crippen molar-refractivity contribution in [1.29, 1.82) is 0 Å². The summed E-state index contributed by atoms with van der Waals surface area (Å²) < 4.78 is 5.26. The second-order valence-corrected chi connectivity index (χ2v) is 3.74. The Labute approximate surface area is 78.7 Å². The van der Waals surface area contributed by atoms with Crippen LogP contribution in [0.5, 0.6) is 5.75 Å². The number of hydrogen-bond donors (Lipinski definition) is 1. The van der Waals surface area contributed by atoms with Crippen LogP contribution in [0.15, 0.2) is 18.2 Å². The summed E-state index contributed by atoms with van der Waals surface area (Å²) in [5.41, 5.74) is 8.28. The highest BCUT2D eigenvalue weighted by molar-refractivity contribution is 5.40. The maximum absolute atomic E-state index is 5.79. The molecular formula is C11H15NO. The van der Waals surface area contributed by atoms with Crippen molar-refractivity contribution in [2.24, 2.45) is 5.73 Å². The van der Waals surface area contributed by atoms with Gasteiger partial charge in [0.05, 0.1) is 7.11 Å². The number of benzene rings is 1. The zero-order valence-electron chi connectivity index (χ0n) is 8.08. The van der Waals surface area contributed by atoms with Crippen LogP contribution in [0.3, 0.4) is 0 Å². The molecule has 0 spiro atoms. The number of nitrogens with two attached hydrogens (primary N) is 1. The highest BCUT2D eigenvalue weighted by atomic mass is 16.5. The van der Waals surface area contributed by atoms with Crippen LogP contribution in [-0.4, -0.2) is 13.2 Å². The third kappa shape index (κ3) is 1.54. The van der Waals surface area contributed by atoms with Gasteiger partial charge in [-0.3, -0.25) is 0 Å². The lowest BCUT2D eigenvalue weighted by atomic mass is 10.1. The molecule has 2 nitrogen and oxygen atoms in total. The van der Waals surface area contributed by atoms with Gasteiger partial charge >= 0.3 is 0 Å². The van der Waals surface area contributed by atoms with E-state index < -0.39 is 0 Å². The van der Waals surface area contributed by atoms with Gasteiger partial charge in [0, 0.05) is 12.0 Å². The zero-order chi connectivity index (χ0) is 9.42. The standard InChI is InChI=1S/C11H15NO/c1-7-3-4-8(5-11(7)13-2)9-6-10(9)12/h3-5,9-10H,6,12H2,1-2H3/t9-,10+/m0/s1. The van der Waals surface area contributed by atoms with Gasteiger partial charge < -0.3 is 10.5 Å². The SMILES string of the molecule is COc1cc([C@@H]2C[C@H]2N)ccc1C. The number of methoxy groups -OCH3 is 1. The van der Waals surface area contributed by atoms with Crippen LogP contribution in [0.25, 0.3) is 0 Å². The zero-order valence-corrected chi connectivity index (χ0v) is 8.08. The van der Waals surface area contributed by atoms with E-state index in [2.05, 4.69) is 25.1 Å². The molecular weight excluding hydrogens is 162 g/mol. The van der Waals surface area contributed by atoms with Crippen LogP contribution in [-0.2, 0) is 0 Å². The smallest absolute Gasteiger partial charge is 0.122 e. The number of ether oxygens (including phenoxy) is 1. The van der Waals surface area contributed by atoms with E-state index in [1.807, 2.05) is 0 Å². The lowest BCUT2D eigenvalue weighted by Gasteiger charge is -2.06. The second kappa shape index (κ2) is 3.04. The van der Waals surface area contributed by atoms with Crippen molar-refractivity contribution in [3.05, 3.63) is 29.3 Å². The maximum Gasteiger partial charge on any atom is 0.122 e. The fourth-order valence-corrected chi connectivity index (χ4v) is 1.67. The summed E-state index contributed by atoms with van der Waals surface area (Å²) in [4.78, 5) is 0. The van der Waals surface area contributed by atoms with Gasteiger partial charge in [0.15, 0.2) is 0 Å². The molecule has 0 heterocycles. The first-order valence-electron chi connectivity index (χ1n) is 4.62. The first-order chi connectivity index (χ1) is 6.22. The molecule has 2 rings (SSSR count). The highest BCUT2D eigenvalue weighted by Crippen LogP contribution is 2.40. The van der Waals surface area contributed by atoms with Crippen molar-refractivity contribution in [2.45, 2.75) is 25.3 Å². The molecule has 1 aromatic carbocycles. The van der Waals surface area contributed by atoms with E-state index in [-0.39, 0.29) is 0 Å². The molecule has 1 aliphatic carbocycles. The first kappa shape index (κ1) is 8.57. The number of aryl methyl sites for hydroxylation is 1. The van der Waals surface area contributed by atoms with Gasteiger partial charge in [-0.25, -0.2) is 0 Å². The molecule has 70 valence electrons. The van der Waals surface area contributed by atoms with Crippen molar-refractivity contribution in [1.82, 2.24) is 0 Å². The molecule has 0 aromatic heterocycles. The predicted octanol–water partition coefficient (Wildman–Crippen LogP) is 1.82. The van der Waals surface area contributed by atoms with Gasteiger partial charge in [0.2, 0.25) is 0 Å². The summed E-state index contributed by atoms with van der Waals surface area (Å²) in [5.74, 6) is 1.53. The van der Waals surface area contributed by atoms with Crippen LogP contribution < -0.4 is 10.5 Å².